The topological polar surface area (TPSA) is 100 Å². The fourth-order valence-corrected chi connectivity index (χ4v) is 1.95. The highest BCUT2D eigenvalue weighted by Crippen LogP contribution is 2.24. The van der Waals surface area contributed by atoms with Gasteiger partial charge in [0.25, 0.3) is 0 Å². The molecule has 1 aliphatic rings. The number of aliphatic imine (C=N–C) groups is 1. The maximum absolute atomic E-state index is 10.8. The number of carbonyl (C=O) groups is 3. The first kappa shape index (κ1) is 13.3. The molecule has 0 aliphatic carbocycles. The molecule has 1 fully saturated rings. The van der Waals surface area contributed by atoms with Crippen LogP contribution in [0, 0.1) is 0 Å². The number of aldehydes is 3. The van der Waals surface area contributed by atoms with Gasteiger partial charge in [-0.05, 0) is 12.2 Å². The molecule has 116 valence electrons. The SMILES string of the molecule is [2H]C(=O)CO[C@H]1[C@H](OCC([2H])=O)COC(N=C=S)[C@@H]1OCC([2H])=O. The van der Waals surface area contributed by atoms with Crippen LogP contribution in [0.25, 0.3) is 0 Å². The zero-order valence-electron chi connectivity index (χ0n) is 13.9. The van der Waals surface area contributed by atoms with Gasteiger partial charge < -0.3 is 33.3 Å². The lowest BCUT2D eigenvalue weighted by molar-refractivity contribution is -0.223. The molecule has 1 saturated heterocycles. The summed E-state index contributed by atoms with van der Waals surface area (Å²) < 4.78 is 41.7. The van der Waals surface area contributed by atoms with Crippen LogP contribution in [0.15, 0.2) is 4.99 Å². The number of hydrogen-bond acceptors (Lipinski definition) is 9. The van der Waals surface area contributed by atoms with Gasteiger partial charge in [0.2, 0.25) is 0 Å². The van der Waals surface area contributed by atoms with Gasteiger partial charge >= 0.3 is 0 Å². The standard InChI is InChI=1S/C12H15NO7S/c14-1-4-17-9-7-20-12(13-8-21)11(19-6-3-16)10(9)18-5-2-15/h1-3,9-12H,4-7H2/t9-,10+,11-,12?/m1/s1/i1D,2D,3D. The van der Waals surface area contributed by atoms with Crippen molar-refractivity contribution in [3.05, 3.63) is 0 Å². The van der Waals surface area contributed by atoms with E-state index in [1.54, 1.807) is 0 Å². The Morgan fingerprint density at radius 2 is 1.71 bits per heavy atom. The Hall–Kier alpha value is -1.35. The molecule has 0 bridgehead atoms. The fraction of sp³-hybridized carbons (Fsp3) is 0.667. The lowest BCUT2D eigenvalue weighted by atomic mass is 10.0. The lowest BCUT2D eigenvalue weighted by Gasteiger charge is -2.39. The first-order valence-corrected chi connectivity index (χ1v) is 6.27. The van der Waals surface area contributed by atoms with Crippen LogP contribution in [0.2, 0.25) is 0 Å². The monoisotopic (exact) mass is 320 g/mol. The van der Waals surface area contributed by atoms with Crippen molar-refractivity contribution in [2.24, 2.45) is 4.99 Å². The minimum Gasteiger partial charge on any atom is -0.366 e. The summed E-state index contributed by atoms with van der Waals surface area (Å²) in [5.41, 5.74) is 0. The zero-order chi connectivity index (χ0) is 18.1. The minimum absolute atomic E-state index is 0.121. The van der Waals surface area contributed by atoms with Gasteiger partial charge in [-0.25, -0.2) is 0 Å². The highest BCUT2D eigenvalue weighted by atomic mass is 32.1. The molecular weight excluding hydrogens is 302 g/mol. The molecule has 1 aliphatic heterocycles. The Morgan fingerprint density at radius 3 is 2.29 bits per heavy atom. The minimum atomic E-state index is -1.09. The molecule has 1 rings (SSSR count). The summed E-state index contributed by atoms with van der Waals surface area (Å²) in [6, 6.07) is 0. The first-order chi connectivity index (χ1) is 11.3. The van der Waals surface area contributed by atoms with Crippen LogP contribution < -0.4 is 0 Å². The molecule has 0 spiro atoms. The van der Waals surface area contributed by atoms with E-state index in [2.05, 4.69) is 22.4 Å². The van der Waals surface area contributed by atoms with Crippen LogP contribution in [0.4, 0.5) is 0 Å². The van der Waals surface area contributed by atoms with Crippen molar-refractivity contribution in [1.29, 1.82) is 0 Å². The number of carbonyl (C=O) groups excluding carboxylic acids is 3. The quantitative estimate of drug-likeness (QED) is 0.293. The molecule has 9 heteroatoms. The molecule has 0 aromatic carbocycles. The summed E-state index contributed by atoms with van der Waals surface area (Å²) in [5, 5.41) is 2.09. The predicted octanol–water partition coefficient (Wildman–Crippen LogP) is -0.802. The van der Waals surface area contributed by atoms with E-state index in [1.807, 2.05) is 0 Å². The molecule has 21 heavy (non-hydrogen) atoms. The van der Waals surface area contributed by atoms with Crippen LogP contribution in [0.1, 0.15) is 4.11 Å². The van der Waals surface area contributed by atoms with Crippen molar-refractivity contribution in [3.63, 3.8) is 0 Å². The first-order valence-electron chi connectivity index (χ1n) is 7.36. The summed E-state index contributed by atoms with van der Waals surface area (Å²) in [5.74, 6) is 0. The third-order valence-electron chi connectivity index (χ3n) is 2.61. The third kappa shape index (κ3) is 5.50. The van der Waals surface area contributed by atoms with E-state index in [-0.39, 0.29) is 6.61 Å². The predicted molar refractivity (Wildman–Crippen MR) is 72.2 cm³/mol. The average molecular weight is 320 g/mol. The number of ether oxygens (including phenoxy) is 4. The second-order valence-electron chi connectivity index (χ2n) is 3.78. The van der Waals surface area contributed by atoms with E-state index in [0.29, 0.717) is 0 Å². The van der Waals surface area contributed by atoms with E-state index in [1.165, 1.54) is 0 Å². The maximum atomic E-state index is 10.8. The summed E-state index contributed by atoms with van der Waals surface area (Å²) in [6.07, 6.45) is -7.08. The van der Waals surface area contributed by atoms with E-state index in [9.17, 15) is 14.4 Å². The van der Waals surface area contributed by atoms with Gasteiger partial charge in [-0.1, -0.05) is 0 Å². The molecule has 4 atom stereocenters. The van der Waals surface area contributed by atoms with Crippen LogP contribution >= 0.6 is 12.2 Å². The summed E-state index contributed by atoms with van der Waals surface area (Å²) in [6.45, 7) is -1.86. The van der Waals surface area contributed by atoms with Gasteiger partial charge in [-0.3, -0.25) is 0 Å². The Morgan fingerprint density at radius 1 is 1.14 bits per heavy atom. The van der Waals surface area contributed by atoms with Crippen molar-refractivity contribution in [2.45, 2.75) is 24.5 Å². The molecule has 0 aromatic rings. The number of nitrogens with zero attached hydrogens (tertiary/aromatic N) is 1. The Bertz CT molecular complexity index is 529. The molecule has 0 radical (unpaired) electrons. The van der Waals surface area contributed by atoms with Crippen LogP contribution in [0.3, 0.4) is 0 Å². The Kier molecular flexibility index (Phi) is 6.59. The van der Waals surface area contributed by atoms with E-state index >= 15 is 0 Å². The van der Waals surface area contributed by atoms with Gasteiger partial charge in [0.15, 0.2) is 6.23 Å². The molecule has 0 amide bonds. The van der Waals surface area contributed by atoms with Crippen LogP contribution in [-0.4, -0.2) is 74.9 Å². The van der Waals surface area contributed by atoms with Gasteiger partial charge in [-0.15, -0.1) is 0 Å². The molecule has 1 heterocycles. The van der Waals surface area contributed by atoms with Crippen LogP contribution in [0.5, 0.6) is 0 Å². The summed E-state index contributed by atoms with van der Waals surface area (Å²) >= 11 is 4.50. The number of rotatable bonds is 10. The van der Waals surface area contributed by atoms with E-state index < -0.39 is 63.1 Å². The van der Waals surface area contributed by atoms with Crippen molar-refractivity contribution in [2.75, 3.05) is 26.4 Å². The molecule has 1 unspecified atom stereocenters. The van der Waals surface area contributed by atoms with E-state index in [0.717, 1.165) is 0 Å². The van der Waals surface area contributed by atoms with Crippen molar-refractivity contribution in [3.8, 4) is 0 Å². The van der Waals surface area contributed by atoms with Gasteiger partial charge in [0.1, 0.15) is 61.0 Å². The summed E-state index contributed by atoms with van der Waals surface area (Å²) in [7, 11) is 0. The normalized spacial score (nSPS) is 30.4. The van der Waals surface area contributed by atoms with Crippen LogP contribution in [-0.2, 0) is 33.3 Å². The number of hydrogen-bond donors (Lipinski definition) is 0. The molecule has 0 aromatic heterocycles. The smallest absolute Gasteiger partial charge is 0.186 e. The summed E-state index contributed by atoms with van der Waals surface area (Å²) in [4.78, 5) is 36.2. The van der Waals surface area contributed by atoms with Crippen molar-refractivity contribution in [1.82, 2.24) is 0 Å². The van der Waals surface area contributed by atoms with Crippen molar-refractivity contribution < 1.29 is 37.4 Å². The largest absolute Gasteiger partial charge is 0.366 e. The average Bonchev–Trinajstić information content (AvgIpc) is 2.50. The lowest BCUT2D eigenvalue weighted by Crippen LogP contribution is -2.56. The highest BCUT2D eigenvalue weighted by Gasteiger charge is 2.43. The maximum Gasteiger partial charge on any atom is 0.186 e. The zero-order valence-corrected chi connectivity index (χ0v) is 11.7. The molecule has 0 N–H and O–H groups in total. The molecule has 0 saturated carbocycles. The van der Waals surface area contributed by atoms with Gasteiger partial charge in [0.05, 0.1) is 11.8 Å². The Balaban J connectivity index is 2.95. The van der Waals surface area contributed by atoms with Gasteiger partial charge in [0, 0.05) is 0 Å². The fourth-order valence-electron chi connectivity index (χ4n) is 1.84. The molecule has 8 nitrogen and oxygen atoms in total. The van der Waals surface area contributed by atoms with E-state index in [4.69, 9.17) is 23.1 Å². The third-order valence-corrected chi connectivity index (χ3v) is 2.71. The second-order valence-corrected chi connectivity index (χ2v) is 3.96. The Labute approximate surface area is 130 Å². The number of isothiocyanates is 1. The second kappa shape index (κ2) is 10.4. The van der Waals surface area contributed by atoms with Crippen molar-refractivity contribution >= 4 is 36.2 Å². The number of thiocarbonyl (C=S) groups is 1. The highest BCUT2D eigenvalue weighted by molar-refractivity contribution is 7.78. The molecular formula is C12H15NO7S. The van der Waals surface area contributed by atoms with Gasteiger partial charge in [-0.2, -0.15) is 4.99 Å².